The number of rotatable bonds is 4. The number of hydrogen-bond acceptors (Lipinski definition) is 5. The molecule has 2 N–H and O–H groups in total. The van der Waals surface area contributed by atoms with Gasteiger partial charge in [-0.2, -0.15) is 0 Å². The molecule has 2 aliphatic heterocycles. The summed E-state index contributed by atoms with van der Waals surface area (Å²) in [5, 5.41) is 6.03. The van der Waals surface area contributed by atoms with Crippen molar-refractivity contribution in [3.05, 3.63) is 59.0 Å². The summed E-state index contributed by atoms with van der Waals surface area (Å²) in [6.45, 7) is 6.02. The third kappa shape index (κ3) is 3.65. The molecule has 1 saturated carbocycles. The summed E-state index contributed by atoms with van der Waals surface area (Å²) < 4.78 is 10.8. The first kappa shape index (κ1) is 19.6. The third-order valence-corrected chi connectivity index (χ3v) is 5.81. The lowest BCUT2D eigenvalue weighted by molar-refractivity contribution is -0.123. The Morgan fingerprint density at radius 1 is 1.10 bits per heavy atom. The first-order chi connectivity index (χ1) is 14.7. The van der Waals surface area contributed by atoms with Crippen molar-refractivity contribution in [2.75, 3.05) is 6.79 Å². The van der Waals surface area contributed by atoms with Crippen LogP contribution in [-0.4, -0.2) is 29.9 Å². The molecule has 2 aliphatic carbocycles. The predicted molar refractivity (Wildman–Crippen MR) is 116 cm³/mol. The molecule has 1 fully saturated rings. The molecule has 0 atom stereocenters. The summed E-state index contributed by atoms with van der Waals surface area (Å²) in [6, 6.07) is 5.72. The highest BCUT2D eigenvalue weighted by atomic mass is 16.7. The van der Waals surface area contributed by atoms with Gasteiger partial charge >= 0.3 is 0 Å². The first-order valence-corrected chi connectivity index (χ1v) is 10.5. The summed E-state index contributed by atoms with van der Waals surface area (Å²) >= 11 is 0. The van der Waals surface area contributed by atoms with E-state index in [1.807, 2.05) is 51.1 Å². The van der Waals surface area contributed by atoms with E-state index >= 15 is 0 Å². The topological polar surface area (TPSA) is 89.0 Å². The van der Waals surface area contributed by atoms with Crippen LogP contribution in [-0.2, 0) is 15.0 Å². The number of benzene rings is 1. The van der Waals surface area contributed by atoms with Crippen LogP contribution < -0.4 is 20.1 Å². The fourth-order valence-corrected chi connectivity index (χ4v) is 4.04. The Morgan fingerprint density at radius 2 is 1.87 bits per heavy atom. The average molecular weight is 419 g/mol. The molecule has 1 aromatic carbocycles. The second-order valence-electron chi connectivity index (χ2n) is 9.40. The van der Waals surface area contributed by atoms with Gasteiger partial charge in [0.1, 0.15) is 5.71 Å². The zero-order valence-electron chi connectivity index (χ0n) is 17.9. The van der Waals surface area contributed by atoms with Gasteiger partial charge < -0.3 is 20.1 Å². The van der Waals surface area contributed by atoms with Gasteiger partial charge in [-0.15, -0.1) is 0 Å². The number of nitrogens with one attached hydrogen (secondary N) is 2. The van der Waals surface area contributed by atoms with Crippen LogP contribution >= 0.6 is 0 Å². The van der Waals surface area contributed by atoms with E-state index in [4.69, 9.17) is 9.47 Å². The monoisotopic (exact) mass is 419 g/mol. The van der Waals surface area contributed by atoms with E-state index < -0.39 is 5.41 Å². The van der Waals surface area contributed by atoms with Gasteiger partial charge in [0.15, 0.2) is 11.5 Å². The van der Waals surface area contributed by atoms with Crippen LogP contribution in [0.25, 0.3) is 0 Å². The summed E-state index contributed by atoms with van der Waals surface area (Å²) in [5.74, 6) is 1.20. The van der Waals surface area contributed by atoms with E-state index in [9.17, 15) is 9.59 Å². The van der Waals surface area contributed by atoms with Crippen LogP contribution in [0.4, 0.5) is 0 Å². The van der Waals surface area contributed by atoms with Crippen molar-refractivity contribution in [1.82, 2.24) is 10.6 Å². The molecule has 7 nitrogen and oxygen atoms in total. The molecule has 7 heteroatoms. The zero-order chi connectivity index (χ0) is 21.8. The number of ether oxygens (including phenoxy) is 2. The predicted octanol–water partition coefficient (Wildman–Crippen LogP) is 3.03. The molecule has 0 bridgehead atoms. The second kappa shape index (κ2) is 6.83. The Kier molecular flexibility index (Phi) is 4.32. The average Bonchev–Trinajstić information content (AvgIpc) is 3.19. The van der Waals surface area contributed by atoms with Crippen molar-refractivity contribution in [1.29, 1.82) is 0 Å². The SMILES string of the molecule is CC(C)(C)NC(=O)C1=NC2=CC=C(NC(=O)C3(c4ccc5c(c4)OCO5)CC3)CC2=C1. The molecule has 0 aromatic heterocycles. The van der Waals surface area contributed by atoms with Gasteiger partial charge in [-0.05, 0) is 75.1 Å². The van der Waals surface area contributed by atoms with Crippen LogP contribution in [0.5, 0.6) is 11.5 Å². The van der Waals surface area contributed by atoms with Crippen LogP contribution in [0.2, 0.25) is 0 Å². The Morgan fingerprint density at radius 3 is 2.61 bits per heavy atom. The number of carbonyl (C=O) groups is 2. The molecular weight excluding hydrogens is 394 g/mol. The highest BCUT2D eigenvalue weighted by molar-refractivity contribution is 6.44. The lowest BCUT2D eigenvalue weighted by Gasteiger charge is -2.20. The van der Waals surface area contributed by atoms with Gasteiger partial charge in [-0.1, -0.05) is 6.07 Å². The van der Waals surface area contributed by atoms with Crippen molar-refractivity contribution >= 4 is 17.5 Å². The molecule has 1 aromatic rings. The smallest absolute Gasteiger partial charge is 0.270 e. The molecule has 0 unspecified atom stereocenters. The molecule has 2 heterocycles. The molecular formula is C24H25N3O4. The maximum atomic E-state index is 13.2. The lowest BCUT2D eigenvalue weighted by Crippen LogP contribution is -2.43. The minimum atomic E-state index is -0.524. The summed E-state index contributed by atoms with van der Waals surface area (Å²) in [4.78, 5) is 30.0. The van der Waals surface area contributed by atoms with E-state index in [0.717, 1.165) is 35.4 Å². The standard InChI is InChI=1S/C24H25N3O4/c1-23(2,3)27-21(28)18-11-14-10-16(5-6-17(14)26-18)25-22(29)24(8-9-24)15-4-7-19-20(12-15)31-13-30-19/h4-7,11-12H,8-10,13H2,1-3H3,(H,25,29)(H,27,28). The van der Waals surface area contributed by atoms with E-state index in [2.05, 4.69) is 15.6 Å². The fourth-order valence-electron chi connectivity index (χ4n) is 4.04. The number of amides is 2. The molecule has 160 valence electrons. The summed E-state index contributed by atoms with van der Waals surface area (Å²) in [7, 11) is 0. The highest BCUT2D eigenvalue weighted by Crippen LogP contribution is 2.50. The van der Waals surface area contributed by atoms with Crippen LogP contribution in [0.3, 0.4) is 0 Å². The van der Waals surface area contributed by atoms with Crippen molar-refractivity contribution < 1.29 is 19.1 Å². The van der Waals surface area contributed by atoms with Gasteiger partial charge in [0.2, 0.25) is 12.7 Å². The summed E-state index contributed by atoms with van der Waals surface area (Å²) in [5.41, 5.74) is 3.01. The Hall–Kier alpha value is -3.35. The van der Waals surface area contributed by atoms with Crippen molar-refractivity contribution in [2.45, 2.75) is 51.0 Å². The van der Waals surface area contributed by atoms with Gasteiger partial charge in [0.25, 0.3) is 5.91 Å². The molecule has 4 aliphatic rings. The van der Waals surface area contributed by atoms with Crippen molar-refractivity contribution in [3.8, 4) is 11.5 Å². The normalized spacial score (nSPS) is 20.1. The Bertz CT molecular complexity index is 1110. The largest absolute Gasteiger partial charge is 0.454 e. The molecule has 5 rings (SSSR count). The van der Waals surface area contributed by atoms with Gasteiger partial charge in [0, 0.05) is 17.7 Å². The molecule has 0 spiro atoms. The third-order valence-electron chi connectivity index (χ3n) is 5.81. The second-order valence-corrected chi connectivity index (χ2v) is 9.40. The maximum absolute atomic E-state index is 13.2. The van der Waals surface area contributed by atoms with Crippen LogP contribution in [0, 0.1) is 0 Å². The number of allylic oxidation sites excluding steroid dienone is 4. The van der Waals surface area contributed by atoms with E-state index in [-0.39, 0.29) is 24.1 Å². The zero-order valence-corrected chi connectivity index (χ0v) is 17.9. The quantitative estimate of drug-likeness (QED) is 0.785. The minimum absolute atomic E-state index is 0.0142. The molecule has 31 heavy (non-hydrogen) atoms. The number of hydrogen-bond donors (Lipinski definition) is 2. The number of aliphatic imine (C=N–C) groups is 1. The van der Waals surface area contributed by atoms with Crippen molar-refractivity contribution in [2.24, 2.45) is 4.99 Å². The van der Waals surface area contributed by atoms with Crippen LogP contribution in [0.1, 0.15) is 45.6 Å². The first-order valence-electron chi connectivity index (χ1n) is 10.5. The maximum Gasteiger partial charge on any atom is 0.270 e. The Balaban J connectivity index is 1.27. The number of fused-ring (bicyclic) bond motifs is 2. The lowest BCUT2D eigenvalue weighted by atomic mass is 9.93. The van der Waals surface area contributed by atoms with Gasteiger partial charge in [-0.3, -0.25) is 9.59 Å². The Labute approximate surface area is 180 Å². The van der Waals surface area contributed by atoms with Gasteiger partial charge in [0.05, 0.1) is 11.1 Å². The highest BCUT2D eigenvalue weighted by Gasteiger charge is 2.52. The van der Waals surface area contributed by atoms with E-state index in [1.165, 1.54) is 0 Å². The summed E-state index contributed by atoms with van der Waals surface area (Å²) in [6.07, 6.45) is 7.66. The van der Waals surface area contributed by atoms with Crippen LogP contribution in [0.15, 0.2) is 58.4 Å². The number of nitrogens with zero attached hydrogens (tertiary/aromatic N) is 1. The van der Waals surface area contributed by atoms with Crippen molar-refractivity contribution in [3.63, 3.8) is 0 Å². The molecule has 0 saturated heterocycles. The van der Waals surface area contributed by atoms with E-state index in [0.29, 0.717) is 23.6 Å². The molecule has 0 radical (unpaired) electrons. The minimum Gasteiger partial charge on any atom is -0.454 e. The molecule has 2 amide bonds. The van der Waals surface area contributed by atoms with Gasteiger partial charge in [-0.25, -0.2) is 4.99 Å². The van der Waals surface area contributed by atoms with E-state index in [1.54, 1.807) is 6.08 Å². The number of carbonyl (C=O) groups excluding carboxylic acids is 2. The fraction of sp³-hybridized carbons (Fsp3) is 0.375.